The summed E-state index contributed by atoms with van der Waals surface area (Å²) in [6, 6.07) is 10.5. The molecule has 0 amide bonds. The van der Waals surface area contributed by atoms with Crippen molar-refractivity contribution in [1.82, 2.24) is 9.97 Å². The number of nitrogens with zero attached hydrogens (tertiary/aromatic N) is 2. The van der Waals surface area contributed by atoms with Crippen molar-refractivity contribution in [3.8, 4) is 6.07 Å². The number of hydrogen-bond acceptors (Lipinski definition) is 3. The fraction of sp³-hybridized carbons (Fsp3) is 0. The molecule has 0 saturated heterocycles. The molecule has 0 aliphatic carbocycles. The largest absolute Gasteiger partial charge is 0.307 e. The Morgan fingerprint density at radius 2 is 1.94 bits per heavy atom. The molecule has 1 heterocycles. The van der Waals surface area contributed by atoms with Crippen molar-refractivity contribution in [2.45, 2.75) is 0 Å². The molecule has 0 fully saturated rings. The topological polar surface area (TPSA) is 69.5 Å². The van der Waals surface area contributed by atoms with Crippen molar-refractivity contribution in [1.29, 1.82) is 5.26 Å². The molecule has 2 aromatic rings. The molecule has 4 nitrogen and oxygen atoms in total. The molecule has 0 saturated carbocycles. The monoisotopic (exact) mass is 223 g/mol. The minimum atomic E-state index is -0.181. The van der Waals surface area contributed by atoms with Crippen LogP contribution in [0.5, 0.6) is 0 Å². The van der Waals surface area contributed by atoms with Crippen molar-refractivity contribution >= 4 is 12.2 Å². The van der Waals surface area contributed by atoms with Gasteiger partial charge in [-0.05, 0) is 23.8 Å². The molecular weight excluding hydrogens is 214 g/mol. The van der Waals surface area contributed by atoms with Crippen LogP contribution in [-0.2, 0) is 0 Å². The minimum Gasteiger partial charge on any atom is -0.307 e. The molecule has 0 spiro atoms. The van der Waals surface area contributed by atoms with E-state index in [2.05, 4.69) is 16.0 Å². The van der Waals surface area contributed by atoms with Crippen LogP contribution in [0.3, 0.4) is 0 Å². The maximum absolute atomic E-state index is 11.0. The first-order valence-electron chi connectivity index (χ1n) is 5.01. The van der Waals surface area contributed by atoms with E-state index in [9.17, 15) is 4.79 Å². The molecule has 1 N–H and O–H groups in total. The van der Waals surface area contributed by atoms with E-state index < -0.39 is 0 Å². The Hall–Kier alpha value is -2.67. The number of H-pyrrole nitrogens is 1. The molecule has 0 aliphatic heterocycles. The van der Waals surface area contributed by atoms with Crippen LogP contribution in [0.25, 0.3) is 12.2 Å². The van der Waals surface area contributed by atoms with Gasteiger partial charge in [0.05, 0.1) is 11.6 Å². The molecule has 1 aromatic heterocycles. The Balaban J connectivity index is 2.20. The third-order valence-corrected chi connectivity index (χ3v) is 2.16. The predicted octanol–water partition coefficient (Wildman–Crippen LogP) is 1.81. The number of rotatable bonds is 2. The molecule has 0 atom stereocenters. The van der Waals surface area contributed by atoms with Gasteiger partial charge in [-0.1, -0.05) is 18.2 Å². The fourth-order valence-corrected chi connectivity index (χ4v) is 1.31. The van der Waals surface area contributed by atoms with Crippen LogP contribution in [0.1, 0.15) is 17.0 Å². The molecule has 1 aromatic carbocycles. The second-order valence-electron chi connectivity index (χ2n) is 3.39. The number of aromatic amines is 1. The van der Waals surface area contributed by atoms with Gasteiger partial charge in [0, 0.05) is 12.3 Å². The van der Waals surface area contributed by atoms with Crippen LogP contribution in [0.4, 0.5) is 0 Å². The van der Waals surface area contributed by atoms with Crippen molar-refractivity contribution in [2.24, 2.45) is 0 Å². The van der Waals surface area contributed by atoms with Gasteiger partial charge in [-0.2, -0.15) is 5.26 Å². The summed E-state index contributed by atoms with van der Waals surface area (Å²) < 4.78 is 0. The van der Waals surface area contributed by atoms with Crippen molar-refractivity contribution < 1.29 is 0 Å². The lowest BCUT2D eigenvalue weighted by Crippen LogP contribution is -2.05. The quantitative estimate of drug-likeness (QED) is 0.844. The highest BCUT2D eigenvalue weighted by atomic mass is 16.1. The SMILES string of the molecule is N#Cc1ccc(C=Cc2nccc(=O)[nH]2)cc1. The Bertz CT molecular complexity index is 633. The van der Waals surface area contributed by atoms with E-state index in [1.807, 2.05) is 18.2 Å². The van der Waals surface area contributed by atoms with Crippen molar-refractivity contribution in [3.63, 3.8) is 0 Å². The molecule has 0 bridgehead atoms. The summed E-state index contributed by atoms with van der Waals surface area (Å²) in [5.74, 6) is 0.502. The Morgan fingerprint density at radius 1 is 1.18 bits per heavy atom. The predicted molar refractivity (Wildman–Crippen MR) is 64.9 cm³/mol. The maximum atomic E-state index is 11.0. The first kappa shape index (κ1) is 10.8. The van der Waals surface area contributed by atoms with Gasteiger partial charge in [-0.25, -0.2) is 4.98 Å². The minimum absolute atomic E-state index is 0.181. The number of nitrogens with one attached hydrogen (secondary N) is 1. The van der Waals surface area contributed by atoms with E-state index >= 15 is 0 Å². The Morgan fingerprint density at radius 3 is 2.59 bits per heavy atom. The summed E-state index contributed by atoms with van der Waals surface area (Å²) in [6.07, 6.45) is 4.99. The van der Waals surface area contributed by atoms with E-state index in [-0.39, 0.29) is 5.56 Å². The lowest BCUT2D eigenvalue weighted by Gasteiger charge is -1.94. The molecule has 0 radical (unpaired) electrons. The highest BCUT2D eigenvalue weighted by Crippen LogP contribution is 2.06. The lowest BCUT2D eigenvalue weighted by atomic mass is 10.1. The lowest BCUT2D eigenvalue weighted by molar-refractivity contribution is 1.09. The van der Waals surface area contributed by atoms with Gasteiger partial charge in [0.15, 0.2) is 0 Å². The number of aromatic nitrogens is 2. The maximum Gasteiger partial charge on any atom is 0.251 e. The van der Waals surface area contributed by atoms with Crippen molar-refractivity contribution in [3.05, 3.63) is 63.8 Å². The highest BCUT2D eigenvalue weighted by molar-refractivity contribution is 5.66. The summed E-state index contributed by atoms with van der Waals surface area (Å²) in [6.45, 7) is 0. The van der Waals surface area contributed by atoms with Crippen LogP contribution in [-0.4, -0.2) is 9.97 Å². The van der Waals surface area contributed by atoms with E-state index in [0.29, 0.717) is 11.4 Å². The second kappa shape index (κ2) is 4.90. The third-order valence-electron chi connectivity index (χ3n) is 2.16. The Kier molecular flexibility index (Phi) is 3.13. The van der Waals surface area contributed by atoms with Crippen molar-refractivity contribution in [2.75, 3.05) is 0 Å². The first-order valence-corrected chi connectivity index (χ1v) is 5.01. The normalized spacial score (nSPS) is 10.3. The van der Waals surface area contributed by atoms with E-state index in [1.54, 1.807) is 18.2 Å². The molecular formula is C13H9N3O. The number of nitriles is 1. The highest BCUT2D eigenvalue weighted by Gasteiger charge is 1.91. The van der Waals surface area contributed by atoms with Crippen LogP contribution < -0.4 is 5.56 Å². The van der Waals surface area contributed by atoms with Gasteiger partial charge >= 0.3 is 0 Å². The van der Waals surface area contributed by atoms with Crippen LogP contribution in [0.2, 0.25) is 0 Å². The third kappa shape index (κ3) is 2.89. The van der Waals surface area contributed by atoms with Gasteiger partial charge in [0.1, 0.15) is 5.82 Å². The van der Waals surface area contributed by atoms with Gasteiger partial charge in [-0.15, -0.1) is 0 Å². The summed E-state index contributed by atoms with van der Waals surface area (Å²) in [5.41, 5.74) is 1.38. The van der Waals surface area contributed by atoms with Crippen LogP contribution in [0, 0.1) is 11.3 Å². The molecule has 2 rings (SSSR count). The molecule has 0 aliphatic rings. The summed E-state index contributed by atoms with van der Waals surface area (Å²) in [4.78, 5) is 17.6. The van der Waals surface area contributed by atoms with Gasteiger partial charge in [0.25, 0.3) is 5.56 Å². The standard InChI is InChI=1S/C13H9N3O/c14-9-11-3-1-10(2-4-11)5-6-12-15-8-7-13(17)16-12/h1-8H,(H,15,16,17). The van der Waals surface area contributed by atoms with Gasteiger partial charge in [0.2, 0.25) is 0 Å². The number of hydrogen-bond donors (Lipinski definition) is 1. The van der Waals surface area contributed by atoms with E-state index in [1.165, 1.54) is 12.3 Å². The zero-order chi connectivity index (χ0) is 12.1. The Labute approximate surface area is 97.9 Å². The first-order chi connectivity index (χ1) is 8.28. The number of benzene rings is 1. The molecule has 17 heavy (non-hydrogen) atoms. The zero-order valence-corrected chi connectivity index (χ0v) is 8.92. The molecule has 4 heteroatoms. The van der Waals surface area contributed by atoms with Crippen LogP contribution in [0.15, 0.2) is 41.3 Å². The van der Waals surface area contributed by atoms with Crippen LogP contribution >= 0.6 is 0 Å². The second-order valence-corrected chi connectivity index (χ2v) is 3.39. The zero-order valence-electron chi connectivity index (χ0n) is 8.92. The van der Waals surface area contributed by atoms with Gasteiger partial charge in [-0.3, -0.25) is 4.79 Å². The smallest absolute Gasteiger partial charge is 0.251 e. The van der Waals surface area contributed by atoms with Gasteiger partial charge < -0.3 is 4.98 Å². The average Bonchev–Trinajstić information content (AvgIpc) is 2.37. The average molecular weight is 223 g/mol. The van der Waals surface area contributed by atoms with E-state index in [0.717, 1.165) is 5.56 Å². The molecule has 82 valence electrons. The molecule has 0 unspecified atom stereocenters. The summed E-state index contributed by atoms with van der Waals surface area (Å²) >= 11 is 0. The summed E-state index contributed by atoms with van der Waals surface area (Å²) in [5, 5.41) is 8.65. The van der Waals surface area contributed by atoms with E-state index in [4.69, 9.17) is 5.26 Å². The summed E-state index contributed by atoms with van der Waals surface area (Å²) in [7, 11) is 0. The fourth-order valence-electron chi connectivity index (χ4n) is 1.31.